The second kappa shape index (κ2) is 6.42. The molecule has 5 nitrogen and oxygen atoms in total. The first kappa shape index (κ1) is 11.9. The van der Waals surface area contributed by atoms with E-state index in [-0.39, 0.29) is 5.91 Å². The monoisotopic (exact) mass is 188 g/mol. The maximum Gasteiger partial charge on any atom is 0.329 e. The first-order valence-corrected chi connectivity index (χ1v) is 4.17. The summed E-state index contributed by atoms with van der Waals surface area (Å²) in [6.07, 6.45) is 0. The lowest BCUT2D eigenvalue weighted by Gasteiger charge is -2.15. The molecule has 0 bridgehead atoms. The van der Waals surface area contributed by atoms with Crippen molar-refractivity contribution >= 4 is 11.9 Å². The lowest BCUT2D eigenvalue weighted by atomic mass is 10.3. The summed E-state index contributed by atoms with van der Waals surface area (Å²) in [5, 5.41) is 5.44. The number of hydrogen-bond acceptors (Lipinski definition) is 4. The molecule has 0 aliphatic carbocycles. The van der Waals surface area contributed by atoms with E-state index in [0.717, 1.165) is 6.54 Å². The Morgan fingerprint density at radius 1 is 1.46 bits per heavy atom. The Hall–Kier alpha value is -1.10. The molecule has 76 valence electrons. The molecule has 13 heavy (non-hydrogen) atoms. The van der Waals surface area contributed by atoms with Crippen molar-refractivity contribution in [2.45, 2.75) is 19.9 Å². The summed E-state index contributed by atoms with van der Waals surface area (Å²) < 4.78 is 4.52. The predicted molar refractivity (Wildman–Crippen MR) is 48.2 cm³/mol. The van der Waals surface area contributed by atoms with E-state index in [2.05, 4.69) is 15.4 Å². The average molecular weight is 188 g/mol. The summed E-state index contributed by atoms with van der Waals surface area (Å²) in [6.45, 7) is 4.42. The zero-order valence-electron chi connectivity index (χ0n) is 8.22. The number of amides is 1. The summed E-state index contributed by atoms with van der Waals surface area (Å²) >= 11 is 0. The van der Waals surface area contributed by atoms with Crippen LogP contribution in [0.5, 0.6) is 0 Å². The van der Waals surface area contributed by atoms with Crippen molar-refractivity contribution < 1.29 is 14.3 Å². The van der Waals surface area contributed by atoms with Crippen molar-refractivity contribution in [1.82, 2.24) is 10.6 Å². The van der Waals surface area contributed by atoms with Gasteiger partial charge in [0.15, 0.2) is 0 Å². The van der Waals surface area contributed by atoms with Crippen LogP contribution in [-0.4, -0.2) is 38.1 Å². The average Bonchev–Trinajstić information content (AvgIpc) is 2.10. The van der Waals surface area contributed by atoms with Crippen LogP contribution in [0.4, 0.5) is 0 Å². The van der Waals surface area contributed by atoms with E-state index in [1.807, 2.05) is 6.92 Å². The Bertz CT molecular complexity index is 182. The molecule has 0 fully saturated rings. The number of esters is 1. The predicted octanol–water partition coefficient (Wildman–Crippen LogP) is -0.726. The zero-order valence-corrected chi connectivity index (χ0v) is 8.22. The lowest BCUT2D eigenvalue weighted by molar-refractivity contribution is -0.144. The molecule has 0 aliphatic rings. The first-order valence-electron chi connectivity index (χ1n) is 4.17. The largest absolute Gasteiger partial charge is 0.467 e. The van der Waals surface area contributed by atoms with Crippen LogP contribution >= 0.6 is 0 Å². The third-order valence-electron chi connectivity index (χ3n) is 1.46. The molecular weight excluding hydrogens is 172 g/mol. The minimum atomic E-state index is -0.595. The minimum absolute atomic E-state index is 0.242. The van der Waals surface area contributed by atoms with Gasteiger partial charge in [0.2, 0.25) is 5.91 Å². The Balaban J connectivity index is 4.02. The molecule has 1 unspecified atom stereocenters. The van der Waals surface area contributed by atoms with Crippen LogP contribution in [0.2, 0.25) is 0 Å². The van der Waals surface area contributed by atoms with E-state index in [9.17, 15) is 9.59 Å². The van der Waals surface area contributed by atoms with Gasteiger partial charge in [0, 0.05) is 13.5 Å². The van der Waals surface area contributed by atoms with Crippen LogP contribution < -0.4 is 10.6 Å². The molecule has 5 heteroatoms. The number of nitrogens with one attached hydrogen (secondary N) is 2. The highest BCUT2D eigenvalue weighted by atomic mass is 16.5. The molecule has 1 atom stereocenters. The quantitative estimate of drug-likeness (QED) is 0.558. The highest BCUT2D eigenvalue weighted by Crippen LogP contribution is 1.86. The fourth-order valence-corrected chi connectivity index (χ4v) is 0.870. The van der Waals surface area contributed by atoms with Gasteiger partial charge >= 0.3 is 5.97 Å². The van der Waals surface area contributed by atoms with Crippen molar-refractivity contribution in [2.24, 2.45) is 0 Å². The summed E-state index contributed by atoms with van der Waals surface area (Å²) in [5.74, 6) is -0.676. The van der Waals surface area contributed by atoms with Gasteiger partial charge in [-0.05, 0) is 6.54 Å². The van der Waals surface area contributed by atoms with E-state index < -0.39 is 12.0 Å². The minimum Gasteiger partial charge on any atom is -0.467 e. The van der Waals surface area contributed by atoms with E-state index in [0.29, 0.717) is 6.54 Å². The maximum absolute atomic E-state index is 11.1. The third kappa shape index (κ3) is 5.19. The number of rotatable bonds is 5. The summed E-state index contributed by atoms with van der Waals surface area (Å²) in [4.78, 5) is 21.8. The molecule has 0 saturated heterocycles. The summed E-state index contributed by atoms with van der Waals surface area (Å²) in [7, 11) is 1.29. The van der Waals surface area contributed by atoms with Crippen LogP contribution in [0.25, 0.3) is 0 Å². The molecule has 2 N–H and O–H groups in total. The van der Waals surface area contributed by atoms with Gasteiger partial charge in [0.25, 0.3) is 0 Å². The second-order valence-electron chi connectivity index (χ2n) is 2.58. The number of methoxy groups -OCH3 is 1. The number of carbonyl (C=O) groups is 2. The maximum atomic E-state index is 11.1. The smallest absolute Gasteiger partial charge is 0.329 e. The zero-order chi connectivity index (χ0) is 10.3. The van der Waals surface area contributed by atoms with E-state index in [1.165, 1.54) is 14.0 Å². The van der Waals surface area contributed by atoms with Gasteiger partial charge in [0.1, 0.15) is 6.04 Å². The van der Waals surface area contributed by atoms with Gasteiger partial charge < -0.3 is 15.4 Å². The Morgan fingerprint density at radius 2 is 2.08 bits per heavy atom. The van der Waals surface area contributed by atoms with Crippen molar-refractivity contribution in [3.63, 3.8) is 0 Å². The van der Waals surface area contributed by atoms with E-state index in [1.54, 1.807) is 0 Å². The number of likely N-dealkylation sites (N-methyl/N-ethyl adjacent to an activating group) is 1. The van der Waals surface area contributed by atoms with Crippen molar-refractivity contribution in [2.75, 3.05) is 20.2 Å². The van der Waals surface area contributed by atoms with Gasteiger partial charge in [-0.1, -0.05) is 6.92 Å². The van der Waals surface area contributed by atoms with Crippen LogP contribution in [-0.2, 0) is 14.3 Å². The first-order chi connectivity index (χ1) is 6.11. The second-order valence-corrected chi connectivity index (χ2v) is 2.58. The Labute approximate surface area is 77.8 Å². The van der Waals surface area contributed by atoms with Crippen LogP contribution in [0.15, 0.2) is 0 Å². The van der Waals surface area contributed by atoms with Gasteiger partial charge in [-0.2, -0.15) is 0 Å². The number of hydrogen-bond donors (Lipinski definition) is 2. The SMILES string of the molecule is CCNCC(NC(C)=O)C(=O)OC. The molecule has 0 radical (unpaired) electrons. The van der Waals surface area contributed by atoms with Crippen LogP contribution in [0.1, 0.15) is 13.8 Å². The molecule has 0 aromatic rings. The topological polar surface area (TPSA) is 67.4 Å². The van der Waals surface area contributed by atoms with E-state index >= 15 is 0 Å². The van der Waals surface area contributed by atoms with Crippen molar-refractivity contribution in [3.8, 4) is 0 Å². The molecule has 0 rings (SSSR count). The van der Waals surface area contributed by atoms with Crippen molar-refractivity contribution in [1.29, 1.82) is 0 Å². The fraction of sp³-hybridized carbons (Fsp3) is 0.750. The molecule has 0 spiro atoms. The van der Waals surface area contributed by atoms with Crippen LogP contribution in [0.3, 0.4) is 0 Å². The molecule has 0 heterocycles. The van der Waals surface area contributed by atoms with Crippen LogP contribution in [0, 0.1) is 0 Å². The molecule has 0 aromatic carbocycles. The summed E-state index contributed by atoms with van der Waals surface area (Å²) in [5.41, 5.74) is 0. The van der Waals surface area contributed by atoms with Gasteiger partial charge in [-0.15, -0.1) is 0 Å². The lowest BCUT2D eigenvalue weighted by Crippen LogP contribution is -2.47. The molecule has 0 saturated carbocycles. The number of carbonyl (C=O) groups excluding carboxylic acids is 2. The standard InChI is InChI=1S/C8H16N2O3/c1-4-9-5-7(8(12)13-3)10-6(2)11/h7,9H,4-5H2,1-3H3,(H,10,11). The molecular formula is C8H16N2O3. The third-order valence-corrected chi connectivity index (χ3v) is 1.46. The van der Waals surface area contributed by atoms with Crippen molar-refractivity contribution in [3.05, 3.63) is 0 Å². The summed E-state index contributed by atoms with van der Waals surface area (Å²) in [6, 6.07) is -0.595. The van der Waals surface area contributed by atoms with Gasteiger partial charge in [-0.3, -0.25) is 4.79 Å². The normalized spacial score (nSPS) is 11.9. The molecule has 1 amide bonds. The highest BCUT2D eigenvalue weighted by Gasteiger charge is 2.18. The Kier molecular flexibility index (Phi) is 5.88. The Morgan fingerprint density at radius 3 is 2.46 bits per heavy atom. The highest BCUT2D eigenvalue weighted by molar-refractivity contribution is 5.83. The molecule has 0 aromatic heterocycles. The van der Waals surface area contributed by atoms with Gasteiger partial charge in [0.05, 0.1) is 7.11 Å². The molecule has 0 aliphatic heterocycles. The van der Waals surface area contributed by atoms with Gasteiger partial charge in [-0.25, -0.2) is 4.79 Å². The number of ether oxygens (including phenoxy) is 1. The van der Waals surface area contributed by atoms with E-state index in [4.69, 9.17) is 0 Å². The fourth-order valence-electron chi connectivity index (χ4n) is 0.870.